The van der Waals surface area contributed by atoms with E-state index in [0.717, 1.165) is 12.1 Å². The van der Waals surface area contributed by atoms with E-state index in [-0.39, 0.29) is 5.69 Å². The monoisotopic (exact) mass is 208 g/mol. The topological polar surface area (TPSA) is 72.2 Å². The van der Waals surface area contributed by atoms with Crippen LogP contribution < -0.4 is 10.5 Å². The first-order valence-corrected chi connectivity index (χ1v) is 4.34. The van der Waals surface area contributed by atoms with E-state index >= 15 is 0 Å². The van der Waals surface area contributed by atoms with Crippen molar-refractivity contribution in [3.8, 4) is 0 Å². The molecule has 0 aliphatic carbocycles. The van der Waals surface area contributed by atoms with Crippen molar-refractivity contribution in [2.75, 3.05) is 10.5 Å². The summed E-state index contributed by atoms with van der Waals surface area (Å²) < 4.78 is 47.5. The van der Waals surface area contributed by atoms with Crippen molar-refractivity contribution in [3.05, 3.63) is 23.8 Å². The van der Waals surface area contributed by atoms with Gasteiger partial charge in [-0.25, -0.2) is 17.2 Å². The third-order valence-electron chi connectivity index (χ3n) is 1.34. The number of thiol groups is 1. The number of nitrogen functional groups attached to an aromatic ring is 1. The number of anilines is 2. The Balaban J connectivity index is 3.18. The number of benzene rings is 1. The van der Waals surface area contributed by atoms with Gasteiger partial charge in [0.1, 0.15) is 11.5 Å². The summed E-state index contributed by atoms with van der Waals surface area (Å²) in [5, 5.41) is 0. The fraction of sp³-hybridized carbons (Fsp3) is 0. The molecule has 72 valence electrons. The summed E-state index contributed by atoms with van der Waals surface area (Å²) in [4.78, 5) is 0. The van der Waals surface area contributed by atoms with Crippen molar-refractivity contribution >= 4 is 22.3 Å². The van der Waals surface area contributed by atoms with Gasteiger partial charge in [-0.1, -0.05) is 0 Å². The molecule has 0 amide bonds. The molecule has 1 aromatic carbocycles. The molecule has 1 aromatic rings. The molecule has 4 nitrogen and oxygen atoms in total. The molecule has 0 radical (unpaired) electrons. The zero-order chi connectivity index (χ0) is 10.0. The molecule has 0 saturated carbocycles. The van der Waals surface area contributed by atoms with Gasteiger partial charge in [0, 0.05) is 0 Å². The maximum absolute atomic E-state index is 12.9. The van der Waals surface area contributed by atoms with Crippen LogP contribution in [0.3, 0.4) is 0 Å². The second kappa shape index (κ2) is 3.56. The fourth-order valence-corrected chi connectivity index (χ4v) is 1.12. The Bertz CT molecular complexity index is 398. The summed E-state index contributed by atoms with van der Waals surface area (Å²) in [5.74, 6) is -2.04. The molecule has 0 atom stereocenters. The molecular weight excluding hydrogens is 202 g/mol. The largest absolute Gasteiger partial charge is 0.394 e. The Morgan fingerprint density at radius 3 is 2.46 bits per heavy atom. The molecule has 0 aromatic heterocycles. The standard InChI is InChI=1S/C6H6F2N2O2S/c7-3-1-2-4(10-13(11)12)5(8)6(3)9/h1-2,13H,9H2,(H,10,11,12). The summed E-state index contributed by atoms with van der Waals surface area (Å²) in [6.45, 7) is 0. The molecule has 0 saturated heterocycles. The highest BCUT2D eigenvalue weighted by atomic mass is 32.2. The summed E-state index contributed by atoms with van der Waals surface area (Å²) in [7, 11) is -2.98. The molecule has 7 heteroatoms. The quantitative estimate of drug-likeness (QED) is 0.489. The van der Waals surface area contributed by atoms with Crippen LogP contribution in [0.1, 0.15) is 0 Å². The number of rotatable bonds is 2. The fourth-order valence-electron chi connectivity index (χ4n) is 0.754. The van der Waals surface area contributed by atoms with Gasteiger partial charge in [-0.05, 0) is 12.1 Å². The second-order valence-corrected chi connectivity index (χ2v) is 2.93. The van der Waals surface area contributed by atoms with Gasteiger partial charge in [0.2, 0.25) is 10.9 Å². The third-order valence-corrected chi connectivity index (χ3v) is 1.76. The summed E-state index contributed by atoms with van der Waals surface area (Å²) in [6.07, 6.45) is 0. The lowest BCUT2D eigenvalue weighted by Gasteiger charge is -2.03. The Morgan fingerprint density at radius 2 is 1.92 bits per heavy atom. The SMILES string of the molecule is Nc1c(F)ccc(N[SH](=O)=O)c1F. The van der Waals surface area contributed by atoms with Crippen LogP contribution in [0.5, 0.6) is 0 Å². The second-order valence-electron chi connectivity index (χ2n) is 2.19. The lowest BCUT2D eigenvalue weighted by atomic mass is 10.2. The minimum Gasteiger partial charge on any atom is -0.394 e. The van der Waals surface area contributed by atoms with Crippen molar-refractivity contribution in [1.82, 2.24) is 0 Å². The van der Waals surface area contributed by atoms with E-state index in [4.69, 9.17) is 5.73 Å². The van der Waals surface area contributed by atoms with Crippen molar-refractivity contribution in [3.63, 3.8) is 0 Å². The van der Waals surface area contributed by atoms with E-state index < -0.39 is 28.2 Å². The normalized spacial score (nSPS) is 10.4. The molecular formula is C6H6F2N2O2S. The third kappa shape index (κ3) is 2.05. The van der Waals surface area contributed by atoms with Crippen molar-refractivity contribution in [1.29, 1.82) is 0 Å². The van der Waals surface area contributed by atoms with Gasteiger partial charge >= 0.3 is 0 Å². The predicted octanol–water partition coefficient (Wildman–Crippen LogP) is 0.485. The van der Waals surface area contributed by atoms with Crippen LogP contribution in [0.2, 0.25) is 0 Å². The van der Waals surface area contributed by atoms with Gasteiger partial charge < -0.3 is 5.73 Å². The number of halogens is 2. The van der Waals surface area contributed by atoms with E-state index in [1.54, 1.807) is 4.72 Å². The number of nitrogens with one attached hydrogen (secondary N) is 1. The first-order chi connectivity index (χ1) is 6.02. The molecule has 0 unspecified atom stereocenters. The highest BCUT2D eigenvalue weighted by Crippen LogP contribution is 2.22. The first kappa shape index (κ1) is 9.72. The lowest BCUT2D eigenvalue weighted by Crippen LogP contribution is -2.02. The minimum atomic E-state index is -2.98. The van der Waals surface area contributed by atoms with Crippen molar-refractivity contribution in [2.45, 2.75) is 0 Å². The van der Waals surface area contributed by atoms with E-state index in [0.29, 0.717) is 0 Å². The smallest absolute Gasteiger partial charge is 0.222 e. The molecule has 0 fully saturated rings. The first-order valence-electron chi connectivity index (χ1n) is 3.17. The van der Waals surface area contributed by atoms with Gasteiger partial charge in [-0.3, -0.25) is 4.72 Å². The van der Waals surface area contributed by atoms with E-state index in [2.05, 4.69) is 0 Å². The Morgan fingerprint density at radius 1 is 1.31 bits per heavy atom. The number of nitrogens with two attached hydrogens (primary N) is 1. The van der Waals surface area contributed by atoms with E-state index in [9.17, 15) is 17.2 Å². The average molecular weight is 208 g/mol. The summed E-state index contributed by atoms with van der Waals surface area (Å²) in [6, 6.07) is 1.83. The maximum atomic E-state index is 12.9. The molecule has 0 aliphatic heterocycles. The maximum Gasteiger partial charge on any atom is 0.222 e. The number of hydrogen-bond acceptors (Lipinski definition) is 3. The zero-order valence-corrected chi connectivity index (χ0v) is 7.15. The minimum absolute atomic E-state index is 0.366. The van der Waals surface area contributed by atoms with Crippen LogP contribution >= 0.6 is 0 Å². The predicted molar refractivity (Wildman–Crippen MR) is 44.7 cm³/mol. The summed E-state index contributed by atoms with van der Waals surface area (Å²) in [5.41, 5.74) is 3.90. The van der Waals surface area contributed by atoms with Gasteiger partial charge in [-0.15, -0.1) is 0 Å². The molecule has 0 aliphatic rings. The molecule has 1 rings (SSSR count). The van der Waals surface area contributed by atoms with Gasteiger partial charge in [0.15, 0.2) is 5.82 Å². The molecule has 13 heavy (non-hydrogen) atoms. The Hall–Kier alpha value is -1.37. The highest BCUT2D eigenvalue weighted by molar-refractivity contribution is 7.73. The van der Waals surface area contributed by atoms with Crippen molar-refractivity contribution in [2.24, 2.45) is 0 Å². The lowest BCUT2D eigenvalue weighted by molar-refractivity contribution is 0.593. The molecule has 0 heterocycles. The number of hydrogen-bond donors (Lipinski definition) is 3. The van der Waals surface area contributed by atoms with Crippen LogP contribution in [0.15, 0.2) is 12.1 Å². The van der Waals surface area contributed by atoms with E-state index in [1.807, 2.05) is 0 Å². The van der Waals surface area contributed by atoms with Crippen LogP contribution in [0.25, 0.3) is 0 Å². The highest BCUT2D eigenvalue weighted by Gasteiger charge is 2.10. The molecule has 0 bridgehead atoms. The Kier molecular flexibility index (Phi) is 2.66. The molecule has 0 spiro atoms. The van der Waals surface area contributed by atoms with Crippen molar-refractivity contribution < 1.29 is 17.2 Å². The van der Waals surface area contributed by atoms with E-state index in [1.165, 1.54) is 0 Å². The molecule has 3 N–H and O–H groups in total. The van der Waals surface area contributed by atoms with Gasteiger partial charge in [-0.2, -0.15) is 0 Å². The van der Waals surface area contributed by atoms with Crippen LogP contribution in [-0.4, -0.2) is 8.42 Å². The van der Waals surface area contributed by atoms with Gasteiger partial charge in [0.25, 0.3) is 0 Å². The van der Waals surface area contributed by atoms with Crippen LogP contribution in [0, 0.1) is 11.6 Å². The van der Waals surface area contributed by atoms with Gasteiger partial charge in [0.05, 0.1) is 5.69 Å². The van der Waals surface area contributed by atoms with Crippen LogP contribution in [0.4, 0.5) is 20.2 Å². The Labute approximate surface area is 74.4 Å². The average Bonchev–Trinajstić information content (AvgIpc) is 2.06. The zero-order valence-electron chi connectivity index (χ0n) is 6.25. The van der Waals surface area contributed by atoms with Crippen LogP contribution in [-0.2, 0) is 10.9 Å². The summed E-state index contributed by atoms with van der Waals surface area (Å²) >= 11 is 0.